The van der Waals surface area contributed by atoms with Crippen LogP contribution in [0, 0.1) is 0 Å². The molecule has 0 aromatic heterocycles. The Labute approximate surface area is 224 Å². The minimum Gasteiger partial charge on any atom is -0.490 e. The van der Waals surface area contributed by atoms with E-state index in [1.54, 1.807) is 36.4 Å². The second kappa shape index (κ2) is 13.5. The van der Waals surface area contributed by atoms with Crippen molar-refractivity contribution in [1.29, 1.82) is 0 Å². The van der Waals surface area contributed by atoms with Gasteiger partial charge in [0, 0.05) is 4.47 Å². The number of urea groups is 1. The van der Waals surface area contributed by atoms with Crippen LogP contribution >= 0.6 is 27.5 Å². The number of anilines is 1. The molecule has 1 aliphatic rings. The number of nitrogens with zero attached hydrogens (tertiary/aromatic N) is 1. The maximum Gasteiger partial charge on any atom is 0.335 e. The Morgan fingerprint density at radius 2 is 1.67 bits per heavy atom. The van der Waals surface area contributed by atoms with E-state index < -0.39 is 17.8 Å². The summed E-state index contributed by atoms with van der Waals surface area (Å²) in [5, 5.41) is 2.53. The van der Waals surface area contributed by atoms with Gasteiger partial charge in [0.2, 0.25) is 0 Å². The number of amides is 4. The van der Waals surface area contributed by atoms with Gasteiger partial charge in [-0.2, -0.15) is 0 Å². The van der Waals surface area contributed by atoms with E-state index in [-0.39, 0.29) is 5.57 Å². The van der Waals surface area contributed by atoms with Crippen molar-refractivity contribution in [3.8, 4) is 11.5 Å². The van der Waals surface area contributed by atoms with Crippen molar-refractivity contribution >= 4 is 57.1 Å². The molecule has 0 bridgehead atoms. The van der Waals surface area contributed by atoms with Crippen molar-refractivity contribution in [2.45, 2.75) is 52.4 Å². The molecule has 7 nitrogen and oxygen atoms in total. The predicted molar refractivity (Wildman–Crippen MR) is 145 cm³/mol. The van der Waals surface area contributed by atoms with Gasteiger partial charge in [0.15, 0.2) is 11.5 Å². The first-order valence-electron chi connectivity index (χ1n) is 12.1. The maximum absolute atomic E-state index is 13.1. The summed E-state index contributed by atoms with van der Waals surface area (Å²) in [7, 11) is 0. The molecule has 9 heteroatoms. The number of unbranched alkanes of at least 4 members (excludes halogenated alkanes) is 5. The van der Waals surface area contributed by atoms with Gasteiger partial charge < -0.3 is 9.47 Å². The van der Waals surface area contributed by atoms with Crippen LogP contribution in [0.1, 0.15) is 57.9 Å². The summed E-state index contributed by atoms with van der Waals surface area (Å²) >= 11 is 9.84. The van der Waals surface area contributed by atoms with Gasteiger partial charge in [0.1, 0.15) is 5.57 Å². The first-order valence-corrected chi connectivity index (χ1v) is 13.3. The molecule has 4 amide bonds. The number of nitrogens with one attached hydrogen (secondary N) is 1. The van der Waals surface area contributed by atoms with Crippen molar-refractivity contribution in [2.24, 2.45) is 0 Å². The summed E-state index contributed by atoms with van der Waals surface area (Å²) in [5.41, 5.74) is 0.612. The molecule has 1 fully saturated rings. The number of hydrogen-bond donors (Lipinski definition) is 1. The van der Waals surface area contributed by atoms with Crippen molar-refractivity contribution in [1.82, 2.24) is 5.32 Å². The molecule has 1 N–H and O–H groups in total. The second-order valence-electron chi connectivity index (χ2n) is 8.31. The molecule has 0 saturated carbocycles. The molecule has 1 heterocycles. The van der Waals surface area contributed by atoms with E-state index in [9.17, 15) is 14.4 Å². The molecule has 1 saturated heterocycles. The molecule has 36 heavy (non-hydrogen) atoms. The van der Waals surface area contributed by atoms with Gasteiger partial charge in [0.05, 0.1) is 23.9 Å². The van der Waals surface area contributed by atoms with Crippen LogP contribution in [0.2, 0.25) is 5.02 Å². The Kier molecular flexibility index (Phi) is 10.4. The van der Waals surface area contributed by atoms with Crippen LogP contribution in [-0.4, -0.2) is 31.1 Å². The highest BCUT2D eigenvalue weighted by Crippen LogP contribution is 2.38. The monoisotopic (exact) mass is 576 g/mol. The molecule has 192 valence electrons. The zero-order valence-electron chi connectivity index (χ0n) is 20.4. The summed E-state index contributed by atoms with van der Waals surface area (Å²) in [6, 6.07) is 9.08. The molecule has 0 aliphatic carbocycles. The number of carbonyl (C=O) groups excluding carboxylic acids is 3. The summed E-state index contributed by atoms with van der Waals surface area (Å²) in [4.78, 5) is 39.0. The first-order chi connectivity index (χ1) is 17.3. The number of halogens is 2. The van der Waals surface area contributed by atoms with E-state index in [2.05, 4.69) is 28.2 Å². The third-order valence-corrected chi connectivity index (χ3v) is 6.38. The van der Waals surface area contributed by atoms with Crippen LogP contribution in [0.5, 0.6) is 11.5 Å². The largest absolute Gasteiger partial charge is 0.490 e. The van der Waals surface area contributed by atoms with Crippen molar-refractivity contribution in [3.05, 3.63) is 57.0 Å². The molecule has 0 radical (unpaired) electrons. The molecule has 2 aromatic carbocycles. The van der Waals surface area contributed by atoms with Crippen LogP contribution < -0.4 is 19.7 Å². The fourth-order valence-corrected chi connectivity index (χ4v) is 4.32. The smallest absolute Gasteiger partial charge is 0.335 e. The average Bonchev–Trinajstić information content (AvgIpc) is 2.84. The van der Waals surface area contributed by atoms with E-state index in [0.29, 0.717) is 41.0 Å². The quantitative estimate of drug-likeness (QED) is 0.168. The normalized spacial score (nSPS) is 14.8. The molecule has 0 spiro atoms. The number of hydrogen-bond acceptors (Lipinski definition) is 5. The highest BCUT2D eigenvalue weighted by Gasteiger charge is 2.36. The highest BCUT2D eigenvalue weighted by molar-refractivity contribution is 9.10. The van der Waals surface area contributed by atoms with Crippen molar-refractivity contribution in [3.63, 3.8) is 0 Å². The number of imide groups is 2. The Morgan fingerprint density at radius 3 is 2.36 bits per heavy atom. The standard InChI is InChI=1S/C27H30BrClN2O5/c1-3-5-6-7-8-9-14-36-24-22(29)16-18(17-23(24)35-4-2)15-21-25(32)30-27(34)31(26(21)33)20-12-10-19(28)11-13-20/h10-13,15-17H,3-9,14H2,1-2H3,(H,30,32,34)/b21-15+. The van der Waals surface area contributed by atoms with Gasteiger partial charge in [0.25, 0.3) is 11.8 Å². The topological polar surface area (TPSA) is 84.9 Å². The minimum absolute atomic E-state index is 0.197. The average molecular weight is 578 g/mol. The van der Waals surface area contributed by atoms with Gasteiger partial charge >= 0.3 is 6.03 Å². The van der Waals surface area contributed by atoms with E-state index in [1.807, 2.05) is 6.92 Å². The van der Waals surface area contributed by atoms with Crippen LogP contribution in [-0.2, 0) is 9.59 Å². The lowest BCUT2D eigenvalue weighted by Crippen LogP contribution is -2.54. The summed E-state index contributed by atoms with van der Waals surface area (Å²) < 4.78 is 12.5. The van der Waals surface area contributed by atoms with Crippen molar-refractivity contribution in [2.75, 3.05) is 18.1 Å². The lowest BCUT2D eigenvalue weighted by molar-refractivity contribution is -0.122. The fraction of sp³-hybridized carbons (Fsp3) is 0.370. The Balaban J connectivity index is 1.81. The van der Waals surface area contributed by atoms with Gasteiger partial charge in [-0.15, -0.1) is 0 Å². The third-order valence-electron chi connectivity index (χ3n) is 5.57. The van der Waals surface area contributed by atoms with Crippen LogP contribution in [0.3, 0.4) is 0 Å². The maximum atomic E-state index is 13.1. The number of ether oxygens (including phenoxy) is 2. The molecule has 1 aliphatic heterocycles. The second-order valence-corrected chi connectivity index (χ2v) is 9.64. The molecule has 0 atom stereocenters. The zero-order chi connectivity index (χ0) is 26.1. The summed E-state index contributed by atoms with van der Waals surface area (Å²) in [6.45, 7) is 4.93. The number of carbonyl (C=O) groups is 3. The number of barbiturate groups is 1. The Bertz CT molecular complexity index is 1130. The van der Waals surface area contributed by atoms with Crippen LogP contribution in [0.15, 0.2) is 46.4 Å². The lowest BCUT2D eigenvalue weighted by atomic mass is 10.1. The van der Waals surface area contributed by atoms with E-state index in [4.69, 9.17) is 21.1 Å². The minimum atomic E-state index is -0.809. The van der Waals surface area contributed by atoms with E-state index in [0.717, 1.165) is 22.2 Å². The highest BCUT2D eigenvalue weighted by atomic mass is 79.9. The van der Waals surface area contributed by atoms with Crippen LogP contribution in [0.4, 0.5) is 10.5 Å². The molecular formula is C27H30BrClN2O5. The zero-order valence-corrected chi connectivity index (χ0v) is 22.8. The lowest BCUT2D eigenvalue weighted by Gasteiger charge is -2.26. The molecule has 0 unspecified atom stereocenters. The predicted octanol–water partition coefficient (Wildman–Crippen LogP) is 6.91. The SMILES string of the molecule is CCCCCCCCOc1c(Cl)cc(/C=C2\C(=O)NC(=O)N(c3ccc(Br)cc3)C2=O)cc1OCC. The number of rotatable bonds is 12. The number of benzene rings is 2. The fourth-order valence-electron chi connectivity index (χ4n) is 3.78. The van der Waals surface area contributed by atoms with E-state index >= 15 is 0 Å². The van der Waals surface area contributed by atoms with Gasteiger partial charge in [-0.3, -0.25) is 14.9 Å². The van der Waals surface area contributed by atoms with Gasteiger partial charge in [-0.05, 0) is 61.4 Å². The molecular weight excluding hydrogens is 548 g/mol. The first kappa shape index (κ1) is 27.7. The van der Waals surface area contributed by atoms with Gasteiger partial charge in [-0.1, -0.05) is 66.6 Å². The Hall–Kier alpha value is -2.84. The van der Waals surface area contributed by atoms with Crippen LogP contribution in [0.25, 0.3) is 6.08 Å². The van der Waals surface area contributed by atoms with Crippen molar-refractivity contribution < 1.29 is 23.9 Å². The summed E-state index contributed by atoms with van der Waals surface area (Å²) in [5.74, 6) is -0.660. The van der Waals surface area contributed by atoms with E-state index in [1.165, 1.54) is 31.8 Å². The molecule has 2 aromatic rings. The summed E-state index contributed by atoms with van der Waals surface area (Å²) in [6.07, 6.45) is 8.23. The Morgan fingerprint density at radius 1 is 0.972 bits per heavy atom. The van der Waals surface area contributed by atoms with Gasteiger partial charge in [-0.25, -0.2) is 9.69 Å². The molecule has 3 rings (SSSR count). The third kappa shape index (κ3) is 7.11.